The van der Waals surface area contributed by atoms with E-state index >= 15 is 0 Å². The Balaban J connectivity index is 2.18. The van der Waals surface area contributed by atoms with E-state index < -0.39 is 16.0 Å². The zero-order valence-corrected chi connectivity index (χ0v) is 16.8. The number of carboxylic acid groups (broad SMARTS) is 1. The number of halogens is 1. The third-order valence-corrected chi connectivity index (χ3v) is 6.42. The number of carboxylic acids is 1. The Kier molecular flexibility index (Phi) is 5.07. The number of para-hydroxylation sites is 1. The van der Waals surface area contributed by atoms with Gasteiger partial charge in [0, 0.05) is 16.9 Å². The van der Waals surface area contributed by atoms with Crippen LogP contribution in [0.4, 0.5) is 5.82 Å². The minimum Gasteiger partial charge on any atom is -0.497 e. The number of benzene rings is 2. The molecule has 0 spiro atoms. The van der Waals surface area contributed by atoms with Gasteiger partial charge in [0.05, 0.1) is 17.5 Å². The number of ether oxygens (including phenoxy) is 1. The molecule has 0 saturated heterocycles. The number of hydrogen-bond acceptors (Lipinski definition) is 5. The van der Waals surface area contributed by atoms with Crippen LogP contribution in [0.2, 0.25) is 0 Å². The van der Waals surface area contributed by atoms with Crippen molar-refractivity contribution in [3.05, 3.63) is 58.6 Å². The van der Waals surface area contributed by atoms with Crippen molar-refractivity contribution < 1.29 is 23.1 Å². The number of carbonyl (C=O) groups is 1. The molecular weight excluding hydrogens is 436 g/mol. The van der Waals surface area contributed by atoms with Gasteiger partial charge in [0.25, 0.3) is 10.0 Å². The Bertz CT molecular complexity index is 1130. The molecule has 0 aliphatic carbocycles. The van der Waals surface area contributed by atoms with E-state index in [1.54, 1.807) is 18.2 Å². The van der Waals surface area contributed by atoms with Crippen LogP contribution in [0, 0.1) is 0 Å². The summed E-state index contributed by atoms with van der Waals surface area (Å²) in [6, 6.07) is 12.4. The number of anilines is 1. The van der Waals surface area contributed by atoms with Crippen molar-refractivity contribution in [2.24, 2.45) is 0 Å². The Morgan fingerprint density at radius 2 is 1.85 bits per heavy atom. The first-order valence-corrected chi connectivity index (χ1v) is 9.94. The van der Waals surface area contributed by atoms with Crippen LogP contribution in [0.3, 0.4) is 0 Å². The average Bonchev–Trinajstić information content (AvgIpc) is 2.66. The number of hydrogen-bond donors (Lipinski definition) is 1. The van der Waals surface area contributed by atoms with Crippen LogP contribution in [-0.4, -0.2) is 38.6 Å². The Hall–Kier alpha value is -2.65. The van der Waals surface area contributed by atoms with Crippen molar-refractivity contribution in [1.29, 1.82) is 0 Å². The number of nitrogens with zero attached hydrogens (tertiary/aromatic N) is 2. The molecule has 3 aromatic rings. The summed E-state index contributed by atoms with van der Waals surface area (Å²) in [5.41, 5.74) is 0.259. The minimum atomic E-state index is -4.02. The largest absolute Gasteiger partial charge is 0.497 e. The maximum absolute atomic E-state index is 13.0. The van der Waals surface area contributed by atoms with Crippen molar-refractivity contribution in [3.63, 3.8) is 0 Å². The summed E-state index contributed by atoms with van der Waals surface area (Å²) in [6.45, 7) is 0. The van der Waals surface area contributed by atoms with Gasteiger partial charge in [0.15, 0.2) is 5.82 Å². The standard InChI is InChI=1S/C18H15BrN2O5S/c1-21(27(24,25)13-8-6-12(26-2)7-9-13)17-14(18(22)23)10-11-4-3-5-15(19)16(11)20-17/h3-10H,1-2H3,(H,22,23). The van der Waals surface area contributed by atoms with Crippen LogP contribution in [-0.2, 0) is 10.0 Å². The van der Waals surface area contributed by atoms with Gasteiger partial charge in [-0.3, -0.25) is 4.31 Å². The fraction of sp³-hybridized carbons (Fsp3) is 0.111. The van der Waals surface area contributed by atoms with Crippen LogP contribution in [0.1, 0.15) is 10.4 Å². The van der Waals surface area contributed by atoms with Gasteiger partial charge in [-0.15, -0.1) is 0 Å². The second-order valence-electron chi connectivity index (χ2n) is 5.62. The molecular formula is C18H15BrN2O5S. The summed E-state index contributed by atoms with van der Waals surface area (Å²) >= 11 is 3.36. The molecule has 0 bridgehead atoms. The molecule has 7 nitrogen and oxygen atoms in total. The van der Waals surface area contributed by atoms with Gasteiger partial charge in [-0.25, -0.2) is 18.2 Å². The van der Waals surface area contributed by atoms with Crippen molar-refractivity contribution in [3.8, 4) is 5.75 Å². The smallest absolute Gasteiger partial charge is 0.339 e. The zero-order valence-electron chi connectivity index (χ0n) is 14.4. The summed E-state index contributed by atoms with van der Waals surface area (Å²) in [5, 5.41) is 10.1. The highest BCUT2D eigenvalue weighted by Crippen LogP contribution is 2.30. The number of aromatic nitrogens is 1. The van der Waals surface area contributed by atoms with E-state index in [2.05, 4.69) is 20.9 Å². The third-order valence-electron chi connectivity index (χ3n) is 4.02. The molecule has 140 valence electrons. The highest BCUT2D eigenvalue weighted by atomic mass is 79.9. The van der Waals surface area contributed by atoms with Crippen molar-refractivity contribution in [1.82, 2.24) is 4.98 Å². The molecule has 0 saturated carbocycles. The third kappa shape index (κ3) is 3.47. The number of rotatable bonds is 5. The quantitative estimate of drug-likeness (QED) is 0.638. The topological polar surface area (TPSA) is 96.8 Å². The van der Waals surface area contributed by atoms with Gasteiger partial charge in [-0.1, -0.05) is 12.1 Å². The van der Waals surface area contributed by atoms with Gasteiger partial charge < -0.3 is 9.84 Å². The highest BCUT2D eigenvalue weighted by molar-refractivity contribution is 9.10. The predicted octanol–water partition coefficient (Wildman–Crippen LogP) is 3.53. The summed E-state index contributed by atoms with van der Waals surface area (Å²) in [4.78, 5) is 16.0. The molecule has 27 heavy (non-hydrogen) atoms. The summed E-state index contributed by atoms with van der Waals surface area (Å²) in [6.07, 6.45) is 0. The van der Waals surface area contributed by atoms with Crippen molar-refractivity contribution >= 4 is 48.6 Å². The van der Waals surface area contributed by atoms with E-state index in [-0.39, 0.29) is 16.3 Å². The molecule has 1 N–H and O–H groups in total. The fourth-order valence-corrected chi connectivity index (χ4v) is 4.20. The van der Waals surface area contributed by atoms with Gasteiger partial charge >= 0.3 is 5.97 Å². The Labute approximate surface area is 164 Å². The molecule has 3 rings (SSSR count). The molecule has 0 amide bonds. The van der Waals surface area contributed by atoms with Crippen LogP contribution >= 0.6 is 15.9 Å². The monoisotopic (exact) mass is 450 g/mol. The molecule has 0 atom stereocenters. The first kappa shape index (κ1) is 19.1. The van der Waals surface area contributed by atoms with Crippen molar-refractivity contribution in [2.45, 2.75) is 4.90 Å². The van der Waals surface area contributed by atoms with Gasteiger partial charge in [-0.2, -0.15) is 0 Å². The number of aromatic carboxylic acids is 1. The normalized spacial score (nSPS) is 11.4. The Morgan fingerprint density at radius 1 is 1.19 bits per heavy atom. The van der Waals surface area contributed by atoms with Gasteiger partial charge in [0.1, 0.15) is 11.3 Å². The summed E-state index contributed by atoms with van der Waals surface area (Å²) in [7, 11) is -1.27. The first-order chi connectivity index (χ1) is 12.8. The number of sulfonamides is 1. The summed E-state index contributed by atoms with van der Waals surface area (Å²) in [5.74, 6) is -0.926. The molecule has 0 unspecified atom stereocenters. The van der Waals surface area contributed by atoms with Crippen LogP contribution in [0.25, 0.3) is 10.9 Å². The second kappa shape index (κ2) is 7.16. The SMILES string of the molecule is COc1ccc(S(=O)(=O)N(C)c2nc3c(Br)cccc3cc2C(=O)O)cc1. The zero-order chi connectivity index (χ0) is 19.8. The van der Waals surface area contributed by atoms with Crippen LogP contribution in [0.5, 0.6) is 5.75 Å². The molecule has 0 fully saturated rings. The molecule has 0 aliphatic heterocycles. The van der Waals surface area contributed by atoms with Gasteiger partial charge in [-0.05, 0) is 52.3 Å². The maximum atomic E-state index is 13.0. The predicted molar refractivity (Wildman–Crippen MR) is 105 cm³/mol. The molecule has 0 aliphatic rings. The van der Waals surface area contributed by atoms with E-state index in [9.17, 15) is 18.3 Å². The molecule has 0 radical (unpaired) electrons. The molecule has 9 heteroatoms. The number of pyridine rings is 1. The average molecular weight is 451 g/mol. The van der Waals surface area contributed by atoms with Gasteiger partial charge in [0.2, 0.25) is 0 Å². The lowest BCUT2D eigenvalue weighted by molar-refractivity contribution is 0.0697. The summed E-state index contributed by atoms with van der Waals surface area (Å²) < 4.78 is 32.5. The van der Waals surface area contributed by atoms with Crippen molar-refractivity contribution in [2.75, 3.05) is 18.5 Å². The van der Waals surface area contributed by atoms with E-state index in [0.717, 1.165) is 4.31 Å². The fourth-order valence-electron chi connectivity index (χ4n) is 2.57. The van der Waals surface area contributed by atoms with Crippen LogP contribution < -0.4 is 9.04 Å². The molecule has 1 heterocycles. The van der Waals surface area contributed by atoms with E-state index in [1.807, 2.05) is 0 Å². The Morgan fingerprint density at radius 3 is 2.44 bits per heavy atom. The lowest BCUT2D eigenvalue weighted by Gasteiger charge is -2.21. The second-order valence-corrected chi connectivity index (χ2v) is 8.45. The first-order valence-electron chi connectivity index (χ1n) is 7.71. The molecule has 2 aromatic carbocycles. The number of fused-ring (bicyclic) bond motifs is 1. The minimum absolute atomic E-state index is 0.00355. The lowest BCUT2D eigenvalue weighted by Crippen LogP contribution is -2.29. The van der Waals surface area contributed by atoms with Crippen LogP contribution in [0.15, 0.2) is 57.9 Å². The lowest BCUT2D eigenvalue weighted by atomic mass is 10.1. The highest BCUT2D eigenvalue weighted by Gasteiger charge is 2.27. The van der Waals surface area contributed by atoms with E-state index in [4.69, 9.17) is 4.74 Å². The van der Waals surface area contributed by atoms with E-state index in [1.165, 1.54) is 44.5 Å². The maximum Gasteiger partial charge on any atom is 0.339 e. The number of methoxy groups -OCH3 is 1. The molecule has 1 aromatic heterocycles. The van der Waals surface area contributed by atoms with E-state index in [0.29, 0.717) is 21.1 Å².